The molecule has 4 aromatic carbocycles. The van der Waals surface area contributed by atoms with E-state index in [0.717, 1.165) is 53.9 Å². The Hall–Kier alpha value is -5.78. The van der Waals surface area contributed by atoms with Crippen LogP contribution >= 0.6 is 11.8 Å². The van der Waals surface area contributed by atoms with Crippen LogP contribution in [0.15, 0.2) is 125 Å². The number of nitriles is 1. The molecule has 0 spiro atoms. The van der Waals surface area contributed by atoms with E-state index in [9.17, 15) is 15.5 Å². The van der Waals surface area contributed by atoms with Gasteiger partial charge in [-0.2, -0.15) is 5.26 Å². The molecule has 346 valence electrons. The van der Waals surface area contributed by atoms with Crippen LogP contribution < -0.4 is 18.9 Å². The molecule has 0 aromatic heterocycles. The van der Waals surface area contributed by atoms with Crippen molar-refractivity contribution in [2.45, 2.75) is 81.1 Å². The zero-order valence-electron chi connectivity index (χ0n) is 37.5. The van der Waals surface area contributed by atoms with Gasteiger partial charge in [-0.05, 0) is 122 Å². The first-order valence-corrected chi connectivity index (χ1v) is 24.1. The average Bonchev–Trinajstić information content (AvgIpc) is 3.83. The van der Waals surface area contributed by atoms with Crippen molar-refractivity contribution < 1.29 is 43.5 Å². The number of hydrogen-bond donors (Lipinski definition) is 2. The number of rotatable bonds is 22. The van der Waals surface area contributed by atoms with Crippen LogP contribution in [0, 0.1) is 29.1 Å². The van der Waals surface area contributed by atoms with Gasteiger partial charge in [0.25, 0.3) is 5.91 Å². The maximum atomic E-state index is 15.4. The van der Waals surface area contributed by atoms with E-state index in [-0.39, 0.29) is 63.2 Å². The fraction of sp³-hybridized carbons (Fsp3) is 0.415. The van der Waals surface area contributed by atoms with Crippen LogP contribution in [0.1, 0.15) is 84.8 Å². The molecule has 2 aliphatic carbocycles. The maximum Gasteiger partial charge on any atom is 0.254 e. The van der Waals surface area contributed by atoms with Crippen LogP contribution in [0.4, 0.5) is 0 Å². The Bertz CT molecular complexity index is 2400. The molecule has 0 radical (unpaired) electrons. The fourth-order valence-corrected chi connectivity index (χ4v) is 10.9. The van der Waals surface area contributed by atoms with Gasteiger partial charge >= 0.3 is 0 Å². The van der Waals surface area contributed by atoms with Gasteiger partial charge in [0.05, 0.1) is 36.5 Å². The minimum Gasteiger partial charge on any atom is -0.493 e. The number of unbranched alkanes of at least 4 members (excludes halogenated alkanes) is 2. The standard InChI is InChI=1S/C53H59N3O9S/c1-3-26-63-53-49(56(52(59)38-19-16-36(33-54)17-20-38)34-37-18-22-47-48(29-37)62-35-61-47)32-45(55-64-4-2)43-30-39(12-8-10-24-57)42(15-9-11-25-58)50(51(43)53)44-31-40(21-23-46(44)65-53)60-27-28-66-41-13-6-5-7-14-41/h3,5-7,13-14,16-23,29-31,39,42,49-51,57-58H,1,4,8-12,15,24-28,32,34-35H2,2H3. The lowest BCUT2D eigenvalue weighted by atomic mass is 9.55. The summed E-state index contributed by atoms with van der Waals surface area (Å²) in [6, 6.07) is 30.0. The van der Waals surface area contributed by atoms with Crippen LogP contribution in [0.25, 0.3) is 0 Å². The van der Waals surface area contributed by atoms with Crippen molar-refractivity contribution in [2.24, 2.45) is 22.9 Å². The Morgan fingerprint density at radius 2 is 1.74 bits per heavy atom. The highest BCUT2D eigenvalue weighted by Crippen LogP contribution is 2.62. The summed E-state index contributed by atoms with van der Waals surface area (Å²) in [6.07, 6.45) is 8.86. The third-order valence-electron chi connectivity index (χ3n) is 13.0. The van der Waals surface area contributed by atoms with Crippen molar-refractivity contribution in [2.75, 3.05) is 45.6 Å². The predicted molar refractivity (Wildman–Crippen MR) is 253 cm³/mol. The first kappa shape index (κ1) is 46.7. The number of amides is 1. The average molecular weight is 914 g/mol. The van der Waals surface area contributed by atoms with E-state index in [1.807, 2.05) is 60.4 Å². The maximum absolute atomic E-state index is 15.4. The van der Waals surface area contributed by atoms with E-state index in [4.69, 9.17) is 33.7 Å². The van der Waals surface area contributed by atoms with Gasteiger partial charge in [0, 0.05) is 53.9 Å². The van der Waals surface area contributed by atoms with Crippen LogP contribution in [0.3, 0.4) is 0 Å². The molecule has 66 heavy (non-hydrogen) atoms. The molecule has 0 bridgehead atoms. The molecule has 13 heteroatoms. The second-order valence-corrected chi connectivity index (χ2v) is 18.2. The summed E-state index contributed by atoms with van der Waals surface area (Å²) in [5.41, 5.74) is 4.28. The Labute approximate surface area is 391 Å². The van der Waals surface area contributed by atoms with Crippen molar-refractivity contribution in [1.82, 2.24) is 4.90 Å². The summed E-state index contributed by atoms with van der Waals surface area (Å²) in [7, 11) is 0. The van der Waals surface area contributed by atoms with Crippen LogP contribution in [-0.2, 0) is 16.1 Å². The van der Waals surface area contributed by atoms with Crippen LogP contribution in [0.5, 0.6) is 23.0 Å². The van der Waals surface area contributed by atoms with Crippen molar-refractivity contribution in [1.29, 1.82) is 5.26 Å². The number of ether oxygens (including phenoxy) is 5. The normalized spacial score (nSPS) is 22.8. The Morgan fingerprint density at radius 1 is 0.970 bits per heavy atom. The molecular formula is C53H59N3O9S. The number of thioether (sulfide) groups is 1. The largest absolute Gasteiger partial charge is 0.493 e. The molecule has 12 nitrogen and oxygen atoms in total. The van der Waals surface area contributed by atoms with Gasteiger partial charge in [0.1, 0.15) is 24.1 Å². The number of allylic oxidation sites excluding steroid dienone is 1. The van der Waals surface area contributed by atoms with Crippen molar-refractivity contribution in [3.05, 3.63) is 138 Å². The number of carbonyl (C=O) groups excluding carboxylic acids is 1. The lowest BCUT2D eigenvalue weighted by Gasteiger charge is -2.60. The summed E-state index contributed by atoms with van der Waals surface area (Å²) >= 11 is 1.74. The number of aliphatic hydroxyl groups excluding tert-OH is 2. The molecule has 2 aliphatic heterocycles. The van der Waals surface area contributed by atoms with E-state index in [0.29, 0.717) is 60.1 Å². The number of nitrogens with zero attached hydrogens (tertiary/aromatic N) is 3. The molecule has 2 heterocycles. The second-order valence-electron chi connectivity index (χ2n) is 17.0. The Balaban J connectivity index is 1.30. The molecule has 6 atom stereocenters. The van der Waals surface area contributed by atoms with Crippen molar-refractivity contribution in [3.63, 3.8) is 0 Å². The third-order valence-corrected chi connectivity index (χ3v) is 14.0. The molecule has 4 aromatic rings. The molecular weight excluding hydrogens is 855 g/mol. The number of fused-ring (bicyclic) bond motifs is 3. The lowest BCUT2D eigenvalue weighted by Crippen LogP contribution is -2.70. The minimum atomic E-state index is -1.47. The first-order valence-electron chi connectivity index (χ1n) is 23.1. The molecule has 1 amide bonds. The zero-order valence-corrected chi connectivity index (χ0v) is 38.3. The molecule has 1 fully saturated rings. The summed E-state index contributed by atoms with van der Waals surface area (Å²) in [5, 5.41) is 34.5. The van der Waals surface area contributed by atoms with Gasteiger partial charge in [0.2, 0.25) is 12.6 Å². The van der Waals surface area contributed by atoms with Gasteiger partial charge in [-0.1, -0.05) is 54.4 Å². The molecule has 0 saturated heterocycles. The summed E-state index contributed by atoms with van der Waals surface area (Å²) in [5.74, 6) is 1.00. The minimum absolute atomic E-state index is 0.0471. The molecule has 4 aliphatic rings. The predicted octanol–water partition coefficient (Wildman–Crippen LogP) is 9.45. The Kier molecular flexibility index (Phi) is 15.7. The zero-order chi connectivity index (χ0) is 45.9. The number of hydrogen-bond acceptors (Lipinski definition) is 12. The van der Waals surface area contributed by atoms with Gasteiger partial charge in [0.15, 0.2) is 11.5 Å². The topological polar surface area (TPSA) is 152 Å². The van der Waals surface area contributed by atoms with Gasteiger partial charge in [-0.15, -0.1) is 18.3 Å². The quantitative estimate of drug-likeness (QED) is 0.0336. The van der Waals surface area contributed by atoms with Gasteiger partial charge < -0.3 is 43.6 Å². The highest BCUT2D eigenvalue weighted by Gasteiger charge is 2.65. The number of aliphatic hydroxyl groups is 2. The monoisotopic (exact) mass is 913 g/mol. The van der Waals surface area contributed by atoms with Gasteiger partial charge in [-0.25, -0.2) is 0 Å². The molecule has 6 unspecified atom stereocenters. The third kappa shape index (κ3) is 10.1. The van der Waals surface area contributed by atoms with E-state index in [1.165, 1.54) is 4.90 Å². The van der Waals surface area contributed by atoms with E-state index in [2.05, 4.69) is 36.9 Å². The number of benzene rings is 4. The van der Waals surface area contributed by atoms with E-state index < -0.39 is 17.7 Å². The SMILES string of the molecule is C=CCOC12Oc3ccc(OCCSc4ccccc4)cc3C3C(CCCCO)C(CCCCO)C=C(C(=NOCC)CC1N(Cc1ccc4c(c1)OCO4)C(=O)c1ccc(C#N)cc1)C32. The van der Waals surface area contributed by atoms with Crippen LogP contribution in [0.2, 0.25) is 0 Å². The number of carbonyl (C=O) groups is 1. The number of oxime groups is 1. The Morgan fingerprint density at radius 3 is 2.50 bits per heavy atom. The highest BCUT2D eigenvalue weighted by atomic mass is 32.2. The molecule has 1 saturated carbocycles. The summed E-state index contributed by atoms with van der Waals surface area (Å²) in [4.78, 5) is 24.3. The van der Waals surface area contributed by atoms with E-state index >= 15 is 4.79 Å². The van der Waals surface area contributed by atoms with Crippen LogP contribution in [-0.4, -0.2) is 84.1 Å². The smallest absolute Gasteiger partial charge is 0.254 e. The van der Waals surface area contributed by atoms with E-state index in [1.54, 1.807) is 42.1 Å². The van der Waals surface area contributed by atoms with Gasteiger partial charge in [-0.3, -0.25) is 4.79 Å². The van der Waals surface area contributed by atoms with Crippen molar-refractivity contribution in [3.8, 4) is 29.1 Å². The first-order chi connectivity index (χ1) is 32.4. The summed E-state index contributed by atoms with van der Waals surface area (Å²) in [6.45, 7) is 7.37. The molecule has 8 rings (SSSR count). The molecule has 2 N–H and O–H groups in total. The lowest BCUT2D eigenvalue weighted by molar-refractivity contribution is -0.255. The second kappa shape index (κ2) is 22.1. The fourth-order valence-electron chi connectivity index (χ4n) is 10.1. The van der Waals surface area contributed by atoms with Crippen molar-refractivity contribution >= 4 is 23.4 Å². The summed E-state index contributed by atoms with van der Waals surface area (Å²) < 4.78 is 32.6. The highest BCUT2D eigenvalue weighted by molar-refractivity contribution is 7.99.